The Morgan fingerprint density at radius 2 is 2.22 bits per heavy atom. The van der Waals surface area contributed by atoms with Gasteiger partial charge in [-0.25, -0.2) is 4.98 Å². The van der Waals surface area contributed by atoms with Crippen molar-refractivity contribution in [3.8, 4) is 0 Å². The van der Waals surface area contributed by atoms with E-state index in [1.54, 1.807) is 6.20 Å². The number of nitrogen functional groups attached to an aromatic ring is 1. The second kappa shape index (κ2) is 6.31. The van der Waals surface area contributed by atoms with Gasteiger partial charge in [0, 0.05) is 25.8 Å². The van der Waals surface area contributed by atoms with Crippen molar-refractivity contribution >= 4 is 17.7 Å². The average Bonchev–Trinajstić information content (AvgIpc) is 2.87. The third kappa shape index (κ3) is 3.24. The maximum Gasteiger partial charge on any atom is 0.320 e. The molecule has 0 bridgehead atoms. The summed E-state index contributed by atoms with van der Waals surface area (Å²) in [6, 6.07) is 1.56. The first-order chi connectivity index (χ1) is 11.0. The van der Waals surface area contributed by atoms with Gasteiger partial charge in [-0.3, -0.25) is 9.69 Å². The number of hydrogen-bond acceptors (Lipinski definition) is 6. The van der Waals surface area contributed by atoms with Crippen molar-refractivity contribution in [2.75, 3.05) is 36.8 Å². The van der Waals surface area contributed by atoms with Crippen LogP contribution in [0.1, 0.15) is 32.6 Å². The molecule has 126 valence electrons. The summed E-state index contributed by atoms with van der Waals surface area (Å²) in [5.41, 5.74) is 5.80. The van der Waals surface area contributed by atoms with E-state index in [4.69, 9.17) is 5.73 Å². The lowest BCUT2D eigenvalue weighted by molar-refractivity contribution is -0.142. The molecule has 3 heterocycles. The number of likely N-dealkylation sites (tertiary alicyclic amines) is 1. The van der Waals surface area contributed by atoms with Gasteiger partial charge in [-0.1, -0.05) is 6.92 Å². The summed E-state index contributed by atoms with van der Waals surface area (Å²) < 4.78 is 0. The molecule has 2 aliphatic heterocycles. The number of hydrogen-bond donors (Lipinski definition) is 2. The molecular weight excluding hydrogens is 294 g/mol. The molecule has 7 heteroatoms. The third-order valence-corrected chi connectivity index (χ3v) is 5.21. The topological polar surface area (TPSA) is 95.6 Å². The van der Waals surface area contributed by atoms with Crippen molar-refractivity contribution < 1.29 is 9.90 Å². The highest BCUT2D eigenvalue weighted by Crippen LogP contribution is 2.44. The number of piperidine rings is 1. The van der Waals surface area contributed by atoms with E-state index in [1.165, 1.54) is 0 Å². The van der Waals surface area contributed by atoms with Gasteiger partial charge in [-0.2, -0.15) is 4.98 Å². The van der Waals surface area contributed by atoms with Crippen molar-refractivity contribution in [3.63, 3.8) is 0 Å². The van der Waals surface area contributed by atoms with Gasteiger partial charge in [0.2, 0.25) is 5.95 Å². The van der Waals surface area contributed by atoms with E-state index < -0.39 is 5.97 Å². The number of carboxylic acid groups (broad SMARTS) is 1. The van der Waals surface area contributed by atoms with Crippen LogP contribution < -0.4 is 10.6 Å². The number of nitrogens with two attached hydrogens (primary N) is 1. The van der Waals surface area contributed by atoms with Crippen molar-refractivity contribution in [1.82, 2.24) is 14.9 Å². The number of anilines is 2. The van der Waals surface area contributed by atoms with Crippen molar-refractivity contribution in [2.45, 2.75) is 38.6 Å². The van der Waals surface area contributed by atoms with Gasteiger partial charge in [-0.15, -0.1) is 0 Å². The Morgan fingerprint density at radius 1 is 1.48 bits per heavy atom. The molecule has 1 atom stereocenters. The van der Waals surface area contributed by atoms with Crippen LogP contribution in [0.25, 0.3) is 0 Å². The minimum Gasteiger partial charge on any atom is -0.480 e. The molecule has 7 nitrogen and oxygen atoms in total. The SMILES string of the molecule is CCCN1CC2(CCN(c3ccnc(N)n3)CC2)CC1C(=O)O. The normalized spacial score (nSPS) is 24.2. The number of aromatic nitrogens is 2. The second-order valence-electron chi connectivity index (χ2n) is 6.79. The Kier molecular flexibility index (Phi) is 4.39. The van der Waals surface area contributed by atoms with Gasteiger partial charge in [0.15, 0.2) is 0 Å². The van der Waals surface area contributed by atoms with Crippen LogP contribution in [-0.2, 0) is 4.79 Å². The van der Waals surface area contributed by atoms with E-state index in [0.29, 0.717) is 5.95 Å². The lowest BCUT2D eigenvalue weighted by Crippen LogP contribution is -2.42. The zero-order chi connectivity index (χ0) is 16.4. The minimum atomic E-state index is -0.679. The Morgan fingerprint density at radius 3 is 2.83 bits per heavy atom. The van der Waals surface area contributed by atoms with E-state index >= 15 is 0 Å². The molecule has 2 saturated heterocycles. The van der Waals surface area contributed by atoms with Crippen LogP contribution in [-0.4, -0.2) is 58.2 Å². The highest BCUT2D eigenvalue weighted by atomic mass is 16.4. The molecule has 0 aromatic carbocycles. The van der Waals surface area contributed by atoms with Gasteiger partial charge in [0.25, 0.3) is 0 Å². The van der Waals surface area contributed by atoms with E-state index in [-0.39, 0.29) is 11.5 Å². The van der Waals surface area contributed by atoms with Gasteiger partial charge >= 0.3 is 5.97 Å². The second-order valence-corrected chi connectivity index (χ2v) is 6.79. The van der Waals surface area contributed by atoms with Crippen LogP contribution in [0.2, 0.25) is 0 Å². The van der Waals surface area contributed by atoms with Crippen LogP contribution in [0, 0.1) is 5.41 Å². The van der Waals surface area contributed by atoms with Crippen LogP contribution in [0.5, 0.6) is 0 Å². The maximum atomic E-state index is 11.6. The molecule has 1 aromatic rings. The highest BCUT2D eigenvalue weighted by Gasteiger charge is 2.47. The molecule has 23 heavy (non-hydrogen) atoms. The quantitative estimate of drug-likeness (QED) is 0.861. The number of rotatable bonds is 4. The number of carbonyl (C=O) groups is 1. The van der Waals surface area contributed by atoms with Crippen LogP contribution in [0.3, 0.4) is 0 Å². The minimum absolute atomic E-state index is 0.132. The Labute approximate surface area is 136 Å². The zero-order valence-corrected chi connectivity index (χ0v) is 13.6. The fourth-order valence-electron chi connectivity index (χ4n) is 4.02. The Balaban J connectivity index is 1.67. The number of nitrogens with zero attached hydrogens (tertiary/aromatic N) is 4. The third-order valence-electron chi connectivity index (χ3n) is 5.21. The van der Waals surface area contributed by atoms with Gasteiger partial charge in [0.1, 0.15) is 11.9 Å². The largest absolute Gasteiger partial charge is 0.480 e. The van der Waals surface area contributed by atoms with Gasteiger partial charge < -0.3 is 15.7 Å². The van der Waals surface area contributed by atoms with E-state index in [0.717, 1.165) is 57.7 Å². The molecule has 2 fully saturated rings. The summed E-state index contributed by atoms with van der Waals surface area (Å²) in [6.07, 6.45) is 5.44. The number of carboxylic acids is 1. The Bertz CT molecular complexity index is 571. The van der Waals surface area contributed by atoms with Gasteiger partial charge in [-0.05, 0) is 43.7 Å². The predicted octanol–water partition coefficient (Wildman–Crippen LogP) is 1.21. The monoisotopic (exact) mass is 319 g/mol. The van der Waals surface area contributed by atoms with Crippen molar-refractivity contribution in [3.05, 3.63) is 12.3 Å². The maximum absolute atomic E-state index is 11.6. The van der Waals surface area contributed by atoms with E-state index in [9.17, 15) is 9.90 Å². The molecule has 3 rings (SSSR count). The molecule has 1 unspecified atom stereocenters. The summed E-state index contributed by atoms with van der Waals surface area (Å²) in [6.45, 7) is 5.65. The first-order valence-electron chi connectivity index (χ1n) is 8.33. The van der Waals surface area contributed by atoms with E-state index in [2.05, 4.69) is 26.7 Å². The first-order valence-corrected chi connectivity index (χ1v) is 8.33. The fraction of sp³-hybridized carbons (Fsp3) is 0.688. The number of aliphatic carboxylic acids is 1. The van der Waals surface area contributed by atoms with Crippen LogP contribution >= 0.6 is 0 Å². The molecule has 0 radical (unpaired) electrons. The molecule has 1 spiro atoms. The molecule has 0 aliphatic carbocycles. The predicted molar refractivity (Wildman–Crippen MR) is 88.2 cm³/mol. The molecular formula is C16H25N5O2. The Hall–Kier alpha value is -1.89. The van der Waals surface area contributed by atoms with Gasteiger partial charge in [0.05, 0.1) is 0 Å². The summed E-state index contributed by atoms with van der Waals surface area (Å²) in [5, 5.41) is 9.50. The fourth-order valence-corrected chi connectivity index (χ4v) is 4.02. The lowest BCUT2D eigenvalue weighted by Gasteiger charge is -2.39. The average molecular weight is 319 g/mol. The molecule has 0 saturated carbocycles. The van der Waals surface area contributed by atoms with Crippen LogP contribution in [0.4, 0.5) is 11.8 Å². The summed E-state index contributed by atoms with van der Waals surface area (Å²) >= 11 is 0. The smallest absolute Gasteiger partial charge is 0.320 e. The van der Waals surface area contributed by atoms with Crippen molar-refractivity contribution in [2.24, 2.45) is 5.41 Å². The highest BCUT2D eigenvalue weighted by molar-refractivity contribution is 5.74. The summed E-state index contributed by atoms with van der Waals surface area (Å²) in [5.74, 6) is 0.482. The standard InChI is InChI=1S/C16H25N5O2/c1-2-7-21-11-16(10-12(21)14(22)23)4-8-20(9-5-16)13-3-6-18-15(17)19-13/h3,6,12H,2,4-5,7-11H2,1H3,(H,22,23)(H2,17,18,19). The lowest BCUT2D eigenvalue weighted by atomic mass is 9.76. The van der Waals surface area contributed by atoms with Crippen molar-refractivity contribution in [1.29, 1.82) is 0 Å². The molecule has 3 N–H and O–H groups in total. The van der Waals surface area contributed by atoms with Crippen LogP contribution in [0.15, 0.2) is 12.3 Å². The summed E-state index contributed by atoms with van der Waals surface area (Å²) in [7, 11) is 0. The van der Waals surface area contributed by atoms with E-state index in [1.807, 2.05) is 6.07 Å². The molecule has 0 amide bonds. The molecule has 1 aromatic heterocycles. The molecule has 2 aliphatic rings. The first kappa shape index (κ1) is 16.0. The zero-order valence-electron chi connectivity index (χ0n) is 13.6. The summed E-state index contributed by atoms with van der Waals surface area (Å²) in [4.78, 5) is 24.2.